The van der Waals surface area contributed by atoms with Gasteiger partial charge in [0.25, 0.3) is 5.69 Å². The molecule has 2 aromatic carbocycles. The van der Waals surface area contributed by atoms with Crippen LogP contribution in [0.4, 0.5) is 11.4 Å². The Balaban J connectivity index is 1.71. The molecule has 9 nitrogen and oxygen atoms in total. The Bertz CT molecular complexity index is 1180. The number of carbonyl (C=O) groups is 1. The second-order valence-electron chi connectivity index (χ2n) is 7.38. The molecule has 1 unspecified atom stereocenters. The molecule has 0 aliphatic carbocycles. The van der Waals surface area contributed by atoms with Crippen LogP contribution >= 0.6 is 11.8 Å². The number of para-hydroxylation sites is 2. The van der Waals surface area contributed by atoms with Crippen molar-refractivity contribution in [1.29, 1.82) is 0 Å². The Morgan fingerprint density at radius 1 is 1.30 bits per heavy atom. The number of nitrogens with one attached hydrogen (secondary N) is 1. The van der Waals surface area contributed by atoms with Gasteiger partial charge in [0, 0.05) is 12.6 Å². The summed E-state index contributed by atoms with van der Waals surface area (Å²) in [5.41, 5.74) is 2.17. The standard InChI is InChI=1S/C23H25N5O4S/c1-5-12-27-22(17(4)32-20-11-10-15(2)13-16(20)3)25-26-23(27)33-14-21(29)24-18-8-6-7-9-19(18)28(30)31/h5-11,13,17H,1,12,14H2,2-4H3,(H,24,29). The van der Waals surface area contributed by atoms with E-state index >= 15 is 0 Å². The summed E-state index contributed by atoms with van der Waals surface area (Å²) in [4.78, 5) is 23.0. The van der Waals surface area contributed by atoms with Crippen LogP contribution in [-0.4, -0.2) is 31.3 Å². The minimum Gasteiger partial charge on any atom is -0.482 e. The lowest BCUT2D eigenvalue weighted by Gasteiger charge is -2.17. The Morgan fingerprint density at radius 3 is 2.76 bits per heavy atom. The first kappa shape index (κ1) is 24.0. The summed E-state index contributed by atoms with van der Waals surface area (Å²) in [6.07, 6.45) is 1.34. The number of nitro benzene ring substituents is 1. The highest BCUT2D eigenvalue weighted by atomic mass is 32.2. The number of rotatable bonds is 10. The largest absolute Gasteiger partial charge is 0.482 e. The molecule has 1 N–H and O–H groups in total. The smallest absolute Gasteiger partial charge is 0.292 e. The highest BCUT2D eigenvalue weighted by molar-refractivity contribution is 7.99. The highest BCUT2D eigenvalue weighted by Gasteiger charge is 2.21. The molecular formula is C23H25N5O4S. The predicted molar refractivity (Wildman–Crippen MR) is 128 cm³/mol. The lowest BCUT2D eigenvalue weighted by atomic mass is 10.1. The van der Waals surface area contributed by atoms with E-state index in [4.69, 9.17) is 4.74 Å². The van der Waals surface area contributed by atoms with Crippen molar-refractivity contribution in [2.75, 3.05) is 11.1 Å². The fourth-order valence-corrected chi connectivity index (χ4v) is 3.99. The third-order valence-corrected chi connectivity index (χ3v) is 5.73. The van der Waals surface area contributed by atoms with Gasteiger partial charge in [-0.15, -0.1) is 16.8 Å². The zero-order valence-corrected chi connectivity index (χ0v) is 19.5. The number of carbonyl (C=O) groups excluding carboxylic acids is 1. The Labute approximate surface area is 196 Å². The van der Waals surface area contributed by atoms with Gasteiger partial charge in [0.2, 0.25) is 5.91 Å². The molecule has 0 saturated carbocycles. The molecule has 3 rings (SSSR count). The van der Waals surface area contributed by atoms with Crippen LogP contribution in [0.1, 0.15) is 30.0 Å². The number of aromatic nitrogens is 3. The fourth-order valence-electron chi connectivity index (χ4n) is 3.24. The average Bonchev–Trinajstić information content (AvgIpc) is 3.17. The van der Waals surface area contributed by atoms with E-state index in [9.17, 15) is 14.9 Å². The second kappa shape index (κ2) is 10.8. The zero-order valence-electron chi connectivity index (χ0n) is 18.6. The van der Waals surface area contributed by atoms with E-state index in [2.05, 4.69) is 22.1 Å². The van der Waals surface area contributed by atoms with Gasteiger partial charge in [0.1, 0.15) is 11.4 Å². The maximum absolute atomic E-state index is 12.4. The van der Waals surface area contributed by atoms with Gasteiger partial charge in [-0.1, -0.05) is 47.7 Å². The number of allylic oxidation sites excluding steroid dienone is 1. The molecule has 0 fully saturated rings. The van der Waals surface area contributed by atoms with Gasteiger partial charge in [0.05, 0.1) is 10.7 Å². The normalized spacial score (nSPS) is 11.6. The number of nitrogens with zero attached hydrogens (tertiary/aromatic N) is 4. The number of thioether (sulfide) groups is 1. The van der Waals surface area contributed by atoms with Gasteiger partial charge in [-0.25, -0.2) is 0 Å². The first-order valence-electron chi connectivity index (χ1n) is 10.2. The van der Waals surface area contributed by atoms with Crippen LogP contribution in [-0.2, 0) is 11.3 Å². The number of ether oxygens (including phenoxy) is 1. The van der Waals surface area contributed by atoms with E-state index < -0.39 is 4.92 Å². The summed E-state index contributed by atoms with van der Waals surface area (Å²) in [5.74, 6) is 0.993. The number of hydrogen-bond donors (Lipinski definition) is 1. The van der Waals surface area contributed by atoms with Gasteiger partial charge in [-0.05, 0) is 38.5 Å². The molecule has 1 atom stereocenters. The monoisotopic (exact) mass is 467 g/mol. The number of benzene rings is 2. The third kappa shape index (κ3) is 5.98. The minimum absolute atomic E-state index is 0.00757. The summed E-state index contributed by atoms with van der Waals surface area (Å²) >= 11 is 1.18. The molecule has 1 heterocycles. The molecule has 33 heavy (non-hydrogen) atoms. The van der Waals surface area contributed by atoms with Crippen LogP contribution < -0.4 is 10.1 Å². The molecule has 0 spiro atoms. The van der Waals surface area contributed by atoms with Crippen LogP contribution in [0.15, 0.2) is 60.3 Å². The van der Waals surface area contributed by atoms with Crippen molar-refractivity contribution in [3.63, 3.8) is 0 Å². The molecular weight excluding hydrogens is 442 g/mol. The summed E-state index contributed by atoms with van der Waals surface area (Å²) in [5, 5.41) is 22.7. The molecule has 10 heteroatoms. The quantitative estimate of drug-likeness (QED) is 0.196. The lowest BCUT2D eigenvalue weighted by Crippen LogP contribution is -2.16. The first-order valence-corrected chi connectivity index (χ1v) is 11.2. The number of aryl methyl sites for hydroxylation is 2. The van der Waals surface area contributed by atoms with Gasteiger partial charge < -0.3 is 10.1 Å². The van der Waals surface area contributed by atoms with Gasteiger partial charge in [0.15, 0.2) is 17.1 Å². The van der Waals surface area contributed by atoms with E-state index in [0.717, 1.165) is 16.9 Å². The van der Waals surface area contributed by atoms with Crippen molar-refractivity contribution in [2.45, 2.75) is 38.6 Å². The van der Waals surface area contributed by atoms with Crippen molar-refractivity contribution in [1.82, 2.24) is 14.8 Å². The number of amides is 1. The summed E-state index contributed by atoms with van der Waals surface area (Å²) in [6, 6.07) is 12.0. The maximum atomic E-state index is 12.4. The Hall–Kier alpha value is -3.66. The van der Waals surface area contributed by atoms with Crippen LogP contribution in [0.2, 0.25) is 0 Å². The van der Waals surface area contributed by atoms with Crippen LogP contribution in [0.3, 0.4) is 0 Å². The first-order chi connectivity index (χ1) is 15.8. The number of anilines is 1. The van der Waals surface area contributed by atoms with Crippen molar-refractivity contribution in [3.05, 3.63) is 82.2 Å². The zero-order chi connectivity index (χ0) is 24.0. The third-order valence-electron chi connectivity index (χ3n) is 4.76. The molecule has 0 bridgehead atoms. The van der Waals surface area contributed by atoms with E-state index in [1.165, 1.54) is 23.9 Å². The SMILES string of the molecule is C=CCn1c(SCC(=O)Nc2ccccc2[N+](=O)[O-])nnc1C(C)Oc1ccc(C)cc1C. The summed E-state index contributed by atoms with van der Waals surface area (Å²) < 4.78 is 7.95. The molecule has 0 radical (unpaired) electrons. The predicted octanol–water partition coefficient (Wildman–Crippen LogP) is 4.86. The van der Waals surface area contributed by atoms with Gasteiger partial charge in [-0.3, -0.25) is 19.5 Å². The van der Waals surface area contributed by atoms with E-state index in [1.54, 1.807) is 18.2 Å². The molecule has 0 aliphatic rings. The van der Waals surface area contributed by atoms with Crippen LogP contribution in [0.5, 0.6) is 5.75 Å². The van der Waals surface area contributed by atoms with Crippen molar-refractivity contribution >= 4 is 29.0 Å². The van der Waals surface area contributed by atoms with Crippen molar-refractivity contribution in [3.8, 4) is 5.75 Å². The van der Waals surface area contributed by atoms with Gasteiger partial charge in [-0.2, -0.15) is 0 Å². The maximum Gasteiger partial charge on any atom is 0.292 e. The van der Waals surface area contributed by atoms with Crippen molar-refractivity contribution < 1.29 is 14.5 Å². The molecule has 172 valence electrons. The van der Waals surface area contributed by atoms with Gasteiger partial charge >= 0.3 is 0 Å². The fraction of sp³-hybridized carbons (Fsp3) is 0.261. The topological polar surface area (TPSA) is 112 Å². The summed E-state index contributed by atoms with van der Waals surface area (Å²) in [6.45, 7) is 10.1. The molecule has 0 aliphatic heterocycles. The summed E-state index contributed by atoms with van der Waals surface area (Å²) in [7, 11) is 0. The minimum atomic E-state index is -0.535. The van der Waals surface area contributed by atoms with E-state index in [1.807, 2.05) is 43.5 Å². The Morgan fingerprint density at radius 2 is 2.06 bits per heavy atom. The molecule has 1 aromatic heterocycles. The molecule has 0 saturated heterocycles. The Kier molecular flexibility index (Phi) is 7.83. The highest BCUT2D eigenvalue weighted by Crippen LogP contribution is 2.28. The molecule has 3 aromatic rings. The van der Waals surface area contributed by atoms with Crippen LogP contribution in [0.25, 0.3) is 0 Å². The second-order valence-corrected chi connectivity index (χ2v) is 8.32. The van der Waals surface area contributed by atoms with E-state index in [-0.39, 0.29) is 29.1 Å². The molecule has 1 amide bonds. The van der Waals surface area contributed by atoms with Crippen LogP contribution in [0, 0.1) is 24.0 Å². The lowest BCUT2D eigenvalue weighted by molar-refractivity contribution is -0.383. The number of nitro groups is 1. The van der Waals surface area contributed by atoms with E-state index in [0.29, 0.717) is 17.5 Å². The number of hydrogen-bond acceptors (Lipinski definition) is 7. The average molecular weight is 468 g/mol. The van der Waals surface area contributed by atoms with Crippen molar-refractivity contribution in [2.24, 2.45) is 0 Å².